The van der Waals surface area contributed by atoms with Gasteiger partial charge in [-0.05, 0) is 43.8 Å². The smallest absolute Gasteiger partial charge is 0.267 e. The van der Waals surface area contributed by atoms with Crippen LogP contribution in [-0.4, -0.2) is 81.8 Å². The first-order valence-electron chi connectivity index (χ1n) is 12.1. The number of nitrogens with zero attached hydrogens (tertiary/aromatic N) is 5. The minimum absolute atomic E-state index is 0.119. The Hall–Kier alpha value is -3.69. The molecule has 3 aromatic heterocycles. The molecule has 1 aliphatic rings. The van der Waals surface area contributed by atoms with E-state index in [1.165, 1.54) is 0 Å². The number of pyridine rings is 1. The van der Waals surface area contributed by atoms with Crippen molar-refractivity contribution in [2.75, 3.05) is 52.0 Å². The fourth-order valence-corrected chi connectivity index (χ4v) is 4.51. The van der Waals surface area contributed by atoms with E-state index < -0.39 is 0 Å². The number of benzene rings is 1. The molecule has 0 saturated carbocycles. The van der Waals surface area contributed by atoms with Crippen LogP contribution in [0.15, 0.2) is 48.8 Å². The summed E-state index contributed by atoms with van der Waals surface area (Å²) in [5.41, 5.74) is 11.6. The number of aryl methyl sites for hydroxylation is 1. The predicted molar refractivity (Wildman–Crippen MR) is 139 cm³/mol. The van der Waals surface area contributed by atoms with Gasteiger partial charge in [-0.1, -0.05) is 12.1 Å². The number of amides is 1. The first-order valence-corrected chi connectivity index (χ1v) is 12.1. The summed E-state index contributed by atoms with van der Waals surface area (Å²) in [5, 5.41) is 8.75. The largest absolute Gasteiger partial charge is 0.399 e. The van der Waals surface area contributed by atoms with Crippen molar-refractivity contribution in [2.24, 2.45) is 0 Å². The number of aromatic nitrogens is 4. The van der Waals surface area contributed by atoms with Crippen molar-refractivity contribution >= 4 is 22.6 Å². The van der Waals surface area contributed by atoms with Crippen molar-refractivity contribution in [1.82, 2.24) is 34.9 Å². The Labute approximate surface area is 204 Å². The standard InChI is InChI=1S/C26H32N8O/c1-3-34-17-22(24(31-34)18-4-6-19(27)7-5-18)20-8-9-28-25-21(20)16-23(30-25)26(35)29-10-11-33-14-12-32(2)13-15-33/h4-9,16-17H,3,10-15,27H2,1-2H3,(H,28,30)(H,29,35). The highest BCUT2D eigenvalue weighted by molar-refractivity contribution is 6.03. The van der Waals surface area contributed by atoms with Gasteiger partial charge in [-0.15, -0.1) is 0 Å². The lowest BCUT2D eigenvalue weighted by molar-refractivity contribution is 0.0937. The van der Waals surface area contributed by atoms with E-state index >= 15 is 0 Å². The summed E-state index contributed by atoms with van der Waals surface area (Å²) in [6, 6.07) is 11.6. The summed E-state index contributed by atoms with van der Waals surface area (Å²) in [6.07, 6.45) is 3.81. The van der Waals surface area contributed by atoms with Crippen LogP contribution in [-0.2, 0) is 6.54 Å². The van der Waals surface area contributed by atoms with E-state index in [-0.39, 0.29) is 5.91 Å². The third kappa shape index (κ3) is 4.91. The fourth-order valence-electron chi connectivity index (χ4n) is 4.51. The van der Waals surface area contributed by atoms with Crippen LogP contribution in [0.25, 0.3) is 33.4 Å². The summed E-state index contributed by atoms with van der Waals surface area (Å²) < 4.78 is 1.92. The number of likely N-dealkylation sites (N-methyl/N-ethyl adjacent to an activating group) is 1. The maximum absolute atomic E-state index is 12.9. The molecule has 0 aliphatic carbocycles. The van der Waals surface area contributed by atoms with Gasteiger partial charge >= 0.3 is 0 Å². The van der Waals surface area contributed by atoms with Crippen LogP contribution < -0.4 is 11.1 Å². The SMILES string of the molecule is CCn1cc(-c2ccnc3[nH]c(C(=O)NCCN4CCN(C)CC4)cc23)c(-c2ccc(N)cc2)n1. The number of hydrogen-bond acceptors (Lipinski definition) is 6. The molecule has 1 saturated heterocycles. The maximum Gasteiger partial charge on any atom is 0.267 e. The molecule has 5 rings (SSSR count). The van der Waals surface area contributed by atoms with Gasteiger partial charge in [0.1, 0.15) is 17.0 Å². The van der Waals surface area contributed by atoms with Crippen LogP contribution in [0.2, 0.25) is 0 Å². The Balaban J connectivity index is 1.39. The normalized spacial score (nSPS) is 15.0. The van der Waals surface area contributed by atoms with Crippen molar-refractivity contribution in [2.45, 2.75) is 13.5 Å². The molecule has 35 heavy (non-hydrogen) atoms. The zero-order valence-corrected chi connectivity index (χ0v) is 20.3. The lowest BCUT2D eigenvalue weighted by atomic mass is 10.00. The summed E-state index contributed by atoms with van der Waals surface area (Å²) in [5.74, 6) is -0.119. The Bertz CT molecular complexity index is 1320. The second-order valence-corrected chi connectivity index (χ2v) is 9.07. The summed E-state index contributed by atoms with van der Waals surface area (Å²) in [7, 11) is 2.14. The van der Waals surface area contributed by atoms with Crippen molar-refractivity contribution in [3.8, 4) is 22.4 Å². The van der Waals surface area contributed by atoms with Gasteiger partial charge in [0.25, 0.3) is 5.91 Å². The van der Waals surface area contributed by atoms with Crippen LogP contribution in [0.5, 0.6) is 0 Å². The van der Waals surface area contributed by atoms with E-state index in [2.05, 4.69) is 39.1 Å². The van der Waals surface area contributed by atoms with E-state index in [4.69, 9.17) is 10.8 Å². The predicted octanol–water partition coefficient (Wildman–Crippen LogP) is 2.67. The molecule has 4 N–H and O–H groups in total. The molecule has 1 amide bonds. The van der Waals surface area contributed by atoms with Crippen LogP contribution in [0.3, 0.4) is 0 Å². The van der Waals surface area contributed by atoms with Crippen LogP contribution in [0.1, 0.15) is 17.4 Å². The highest BCUT2D eigenvalue weighted by Gasteiger charge is 2.19. The first kappa shape index (κ1) is 23.1. The summed E-state index contributed by atoms with van der Waals surface area (Å²) >= 11 is 0. The fraction of sp³-hybridized carbons (Fsp3) is 0.346. The molecule has 4 heterocycles. The van der Waals surface area contributed by atoms with E-state index in [1.807, 2.05) is 47.3 Å². The van der Waals surface area contributed by atoms with E-state index in [9.17, 15) is 4.79 Å². The minimum atomic E-state index is -0.119. The van der Waals surface area contributed by atoms with Gasteiger partial charge < -0.3 is 20.9 Å². The summed E-state index contributed by atoms with van der Waals surface area (Å²) in [6.45, 7) is 8.49. The molecule has 1 aliphatic heterocycles. The number of rotatable bonds is 7. The zero-order chi connectivity index (χ0) is 24.4. The quantitative estimate of drug-likeness (QED) is 0.357. The molecule has 0 unspecified atom stereocenters. The number of nitrogens with one attached hydrogen (secondary N) is 2. The third-order valence-electron chi connectivity index (χ3n) is 6.65. The molecule has 1 fully saturated rings. The summed E-state index contributed by atoms with van der Waals surface area (Å²) in [4.78, 5) is 25.3. The lowest BCUT2D eigenvalue weighted by Gasteiger charge is -2.32. The Morgan fingerprint density at radius 1 is 1.11 bits per heavy atom. The van der Waals surface area contributed by atoms with Gasteiger partial charge in [-0.2, -0.15) is 5.10 Å². The van der Waals surface area contributed by atoms with E-state index in [1.54, 1.807) is 6.20 Å². The molecule has 0 bridgehead atoms. The molecule has 0 atom stereocenters. The number of anilines is 1. The highest BCUT2D eigenvalue weighted by atomic mass is 16.1. The van der Waals surface area contributed by atoms with Crippen LogP contribution in [0.4, 0.5) is 5.69 Å². The van der Waals surface area contributed by atoms with Gasteiger partial charge in [0.05, 0.1) is 0 Å². The zero-order valence-electron chi connectivity index (χ0n) is 20.3. The second kappa shape index (κ2) is 9.89. The molecular weight excluding hydrogens is 440 g/mol. The molecule has 4 aromatic rings. The average molecular weight is 473 g/mol. The monoisotopic (exact) mass is 472 g/mol. The highest BCUT2D eigenvalue weighted by Crippen LogP contribution is 2.35. The van der Waals surface area contributed by atoms with Gasteiger partial charge in [-0.3, -0.25) is 14.4 Å². The molecule has 182 valence electrons. The first-order chi connectivity index (χ1) is 17.0. The third-order valence-corrected chi connectivity index (χ3v) is 6.65. The van der Waals surface area contributed by atoms with Crippen LogP contribution in [0, 0.1) is 0 Å². The van der Waals surface area contributed by atoms with Crippen molar-refractivity contribution in [3.63, 3.8) is 0 Å². The number of fused-ring (bicyclic) bond motifs is 1. The Morgan fingerprint density at radius 2 is 1.89 bits per heavy atom. The number of hydrogen-bond donors (Lipinski definition) is 3. The molecule has 0 radical (unpaired) electrons. The number of nitrogens with two attached hydrogens (primary N) is 1. The minimum Gasteiger partial charge on any atom is -0.399 e. The number of piperazine rings is 1. The lowest BCUT2D eigenvalue weighted by Crippen LogP contribution is -2.46. The molecule has 0 spiro atoms. The van der Waals surface area contributed by atoms with Crippen molar-refractivity contribution < 1.29 is 4.79 Å². The number of carbonyl (C=O) groups excluding carboxylic acids is 1. The average Bonchev–Trinajstić information content (AvgIpc) is 3.50. The molecule has 9 nitrogen and oxygen atoms in total. The molecule has 1 aromatic carbocycles. The number of carbonyl (C=O) groups is 1. The van der Waals surface area contributed by atoms with E-state index in [0.717, 1.165) is 67.0 Å². The van der Waals surface area contributed by atoms with E-state index in [0.29, 0.717) is 23.6 Å². The van der Waals surface area contributed by atoms with Crippen molar-refractivity contribution in [3.05, 3.63) is 54.5 Å². The molecule has 9 heteroatoms. The Morgan fingerprint density at radius 3 is 2.63 bits per heavy atom. The topological polar surface area (TPSA) is 108 Å². The van der Waals surface area contributed by atoms with Gasteiger partial charge in [0.15, 0.2) is 0 Å². The van der Waals surface area contributed by atoms with Gasteiger partial charge in [0, 0.05) is 80.4 Å². The number of aromatic amines is 1. The van der Waals surface area contributed by atoms with Crippen molar-refractivity contribution in [1.29, 1.82) is 0 Å². The number of nitrogen functional groups attached to an aromatic ring is 1. The maximum atomic E-state index is 12.9. The number of H-pyrrole nitrogens is 1. The van der Waals surface area contributed by atoms with Gasteiger partial charge in [-0.25, -0.2) is 4.98 Å². The van der Waals surface area contributed by atoms with Gasteiger partial charge in [0.2, 0.25) is 0 Å². The Kier molecular flexibility index (Phi) is 6.52. The second-order valence-electron chi connectivity index (χ2n) is 9.07. The van der Waals surface area contributed by atoms with Crippen LogP contribution >= 0.6 is 0 Å². The molecular formula is C26H32N8O.